The van der Waals surface area contributed by atoms with Crippen molar-refractivity contribution < 1.29 is 14.6 Å². The summed E-state index contributed by atoms with van der Waals surface area (Å²) in [5.74, 6) is -0.582. The van der Waals surface area contributed by atoms with Crippen molar-refractivity contribution in [2.75, 3.05) is 7.11 Å². The van der Waals surface area contributed by atoms with Gasteiger partial charge < -0.3 is 15.6 Å². The van der Waals surface area contributed by atoms with E-state index < -0.39 is 12.1 Å². The number of carbonyl (C=O) groups is 1. The molecule has 0 fully saturated rings. The number of carbonyl (C=O) groups excluding carboxylic acids is 1. The van der Waals surface area contributed by atoms with E-state index in [-0.39, 0.29) is 5.57 Å². The van der Waals surface area contributed by atoms with E-state index in [1.165, 1.54) is 7.11 Å². The normalized spacial score (nSPS) is 14.3. The molecule has 0 rings (SSSR count). The van der Waals surface area contributed by atoms with Gasteiger partial charge in [0, 0.05) is 6.20 Å². The summed E-state index contributed by atoms with van der Waals surface area (Å²) in [6.45, 7) is 1.75. The van der Waals surface area contributed by atoms with Gasteiger partial charge in [-0.05, 0) is 6.42 Å². The molecule has 0 aromatic heterocycles. The predicted molar refractivity (Wildman–Crippen MR) is 40.6 cm³/mol. The van der Waals surface area contributed by atoms with E-state index in [1.807, 2.05) is 0 Å². The average Bonchev–Trinajstić information content (AvgIpc) is 2.05. The van der Waals surface area contributed by atoms with E-state index in [9.17, 15) is 9.90 Å². The molecule has 0 aromatic rings. The third-order valence-corrected chi connectivity index (χ3v) is 1.35. The third kappa shape index (κ3) is 2.59. The van der Waals surface area contributed by atoms with Crippen molar-refractivity contribution >= 4 is 5.97 Å². The molecule has 0 radical (unpaired) electrons. The lowest BCUT2D eigenvalue weighted by molar-refractivity contribution is -0.137. The predicted octanol–water partition coefficient (Wildman–Crippen LogP) is -0.227. The molecule has 1 atom stereocenters. The van der Waals surface area contributed by atoms with E-state index in [2.05, 4.69) is 4.74 Å². The Morgan fingerprint density at radius 3 is 2.64 bits per heavy atom. The molecule has 0 aromatic carbocycles. The molecule has 0 aliphatic heterocycles. The molecule has 3 N–H and O–H groups in total. The van der Waals surface area contributed by atoms with Gasteiger partial charge >= 0.3 is 5.97 Å². The summed E-state index contributed by atoms with van der Waals surface area (Å²) in [5, 5.41) is 9.17. The Hall–Kier alpha value is -1.03. The molecule has 0 spiro atoms. The molecule has 0 amide bonds. The van der Waals surface area contributed by atoms with Gasteiger partial charge in [-0.15, -0.1) is 0 Å². The Labute approximate surface area is 65.6 Å². The van der Waals surface area contributed by atoms with Crippen LogP contribution in [-0.4, -0.2) is 24.3 Å². The second-order valence-electron chi connectivity index (χ2n) is 2.04. The number of hydrogen-bond donors (Lipinski definition) is 2. The number of ether oxygens (including phenoxy) is 1. The number of aliphatic hydroxyl groups excluding tert-OH is 1. The summed E-state index contributed by atoms with van der Waals surface area (Å²) in [7, 11) is 1.24. The molecule has 0 heterocycles. The molecule has 0 saturated carbocycles. The van der Waals surface area contributed by atoms with Crippen LogP contribution < -0.4 is 5.73 Å². The molecule has 0 bridgehead atoms. The van der Waals surface area contributed by atoms with Crippen LogP contribution >= 0.6 is 0 Å². The Morgan fingerprint density at radius 2 is 2.36 bits per heavy atom. The highest BCUT2D eigenvalue weighted by Crippen LogP contribution is 2.05. The molecule has 11 heavy (non-hydrogen) atoms. The maximum atomic E-state index is 10.8. The minimum Gasteiger partial charge on any atom is -0.466 e. The van der Waals surface area contributed by atoms with Crippen molar-refractivity contribution in [3.63, 3.8) is 0 Å². The zero-order chi connectivity index (χ0) is 8.85. The van der Waals surface area contributed by atoms with Crippen LogP contribution in [0.4, 0.5) is 0 Å². The van der Waals surface area contributed by atoms with Gasteiger partial charge in [0.15, 0.2) is 0 Å². The smallest absolute Gasteiger partial charge is 0.337 e. The Balaban J connectivity index is 4.30. The Kier molecular flexibility index (Phi) is 4.29. The van der Waals surface area contributed by atoms with Crippen molar-refractivity contribution in [3.05, 3.63) is 11.8 Å². The molecule has 0 aliphatic rings. The maximum Gasteiger partial charge on any atom is 0.337 e. The van der Waals surface area contributed by atoms with Gasteiger partial charge in [-0.25, -0.2) is 4.79 Å². The molecule has 4 nitrogen and oxygen atoms in total. The third-order valence-electron chi connectivity index (χ3n) is 1.35. The number of rotatable bonds is 3. The van der Waals surface area contributed by atoms with Crippen LogP contribution in [0.15, 0.2) is 11.8 Å². The fraction of sp³-hybridized carbons (Fsp3) is 0.571. The average molecular weight is 159 g/mol. The summed E-state index contributed by atoms with van der Waals surface area (Å²) >= 11 is 0. The molecule has 0 aliphatic carbocycles. The second-order valence-corrected chi connectivity index (χ2v) is 2.04. The molecule has 0 saturated heterocycles. The monoisotopic (exact) mass is 159 g/mol. The van der Waals surface area contributed by atoms with Gasteiger partial charge in [0.05, 0.1) is 18.8 Å². The van der Waals surface area contributed by atoms with E-state index in [0.29, 0.717) is 6.42 Å². The molecule has 64 valence electrons. The zero-order valence-corrected chi connectivity index (χ0v) is 6.70. The van der Waals surface area contributed by atoms with Crippen LogP contribution in [0.3, 0.4) is 0 Å². The number of nitrogens with two attached hydrogens (primary N) is 1. The fourth-order valence-electron chi connectivity index (χ4n) is 0.653. The van der Waals surface area contributed by atoms with E-state index in [0.717, 1.165) is 6.20 Å². The van der Waals surface area contributed by atoms with Crippen LogP contribution in [0, 0.1) is 0 Å². The van der Waals surface area contributed by atoms with E-state index >= 15 is 0 Å². The summed E-state index contributed by atoms with van der Waals surface area (Å²) < 4.78 is 4.38. The van der Waals surface area contributed by atoms with Crippen molar-refractivity contribution in [1.29, 1.82) is 0 Å². The summed E-state index contributed by atoms with van der Waals surface area (Å²) in [6.07, 6.45) is 0.686. The van der Waals surface area contributed by atoms with Gasteiger partial charge in [0.2, 0.25) is 0 Å². The standard InChI is InChI=1S/C7H13NO3/c1-3-6(9)5(4-8)7(10)11-2/h4,6,9H,3,8H2,1-2H3. The number of hydrogen-bond acceptors (Lipinski definition) is 4. The lowest BCUT2D eigenvalue weighted by Gasteiger charge is -2.08. The highest BCUT2D eigenvalue weighted by Gasteiger charge is 2.16. The molecule has 1 unspecified atom stereocenters. The quantitative estimate of drug-likeness (QED) is 0.441. The first-order valence-corrected chi connectivity index (χ1v) is 3.35. The number of aliphatic hydroxyl groups is 1. The first-order chi connectivity index (χ1) is 5.17. The van der Waals surface area contributed by atoms with Gasteiger partial charge in [0.1, 0.15) is 0 Å². The van der Waals surface area contributed by atoms with Gasteiger partial charge in [-0.2, -0.15) is 0 Å². The largest absolute Gasteiger partial charge is 0.466 e. The van der Waals surface area contributed by atoms with Crippen molar-refractivity contribution in [2.24, 2.45) is 5.73 Å². The lowest BCUT2D eigenvalue weighted by Crippen LogP contribution is -2.19. The highest BCUT2D eigenvalue weighted by molar-refractivity contribution is 5.89. The zero-order valence-electron chi connectivity index (χ0n) is 6.70. The minimum absolute atomic E-state index is 0.106. The number of esters is 1. The van der Waals surface area contributed by atoms with Gasteiger partial charge in [-0.3, -0.25) is 0 Å². The van der Waals surface area contributed by atoms with E-state index in [1.54, 1.807) is 6.92 Å². The second kappa shape index (κ2) is 4.73. The summed E-state index contributed by atoms with van der Waals surface area (Å²) in [5.41, 5.74) is 5.21. The van der Waals surface area contributed by atoms with Crippen LogP contribution in [0.25, 0.3) is 0 Å². The van der Waals surface area contributed by atoms with Crippen molar-refractivity contribution in [3.8, 4) is 0 Å². The fourth-order valence-corrected chi connectivity index (χ4v) is 0.653. The first kappa shape index (κ1) is 9.97. The lowest BCUT2D eigenvalue weighted by atomic mass is 10.1. The minimum atomic E-state index is -0.826. The topological polar surface area (TPSA) is 72.5 Å². The van der Waals surface area contributed by atoms with Crippen molar-refractivity contribution in [2.45, 2.75) is 19.4 Å². The molecule has 4 heteroatoms. The number of methoxy groups -OCH3 is 1. The summed E-state index contributed by atoms with van der Waals surface area (Å²) in [6, 6.07) is 0. The van der Waals surface area contributed by atoms with Crippen LogP contribution in [-0.2, 0) is 9.53 Å². The SMILES string of the molecule is CCC(O)C(=CN)C(=O)OC. The maximum absolute atomic E-state index is 10.8. The van der Waals surface area contributed by atoms with E-state index in [4.69, 9.17) is 5.73 Å². The summed E-state index contributed by atoms with van der Waals surface area (Å²) in [4.78, 5) is 10.8. The van der Waals surface area contributed by atoms with Crippen LogP contribution in [0.2, 0.25) is 0 Å². The highest BCUT2D eigenvalue weighted by atomic mass is 16.5. The van der Waals surface area contributed by atoms with Gasteiger partial charge in [0.25, 0.3) is 0 Å². The van der Waals surface area contributed by atoms with Crippen LogP contribution in [0.5, 0.6) is 0 Å². The Bertz CT molecular complexity index is 165. The Morgan fingerprint density at radius 1 is 1.82 bits per heavy atom. The van der Waals surface area contributed by atoms with Crippen molar-refractivity contribution in [1.82, 2.24) is 0 Å². The van der Waals surface area contributed by atoms with Gasteiger partial charge in [-0.1, -0.05) is 6.92 Å². The molecular formula is C7H13NO3. The molecular weight excluding hydrogens is 146 g/mol. The van der Waals surface area contributed by atoms with Crippen LogP contribution in [0.1, 0.15) is 13.3 Å². The first-order valence-electron chi connectivity index (χ1n) is 3.35.